The Bertz CT molecular complexity index is 1260. The molecule has 0 saturated carbocycles. The molecule has 1 N–H and O–H groups in total. The highest BCUT2D eigenvalue weighted by Gasteiger charge is 2.49. The van der Waals surface area contributed by atoms with Gasteiger partial charge in [-0.25, -0.2) is 0 Å². The Morgan fingerprint density at radius 1 is 1.14 bits per heavy atom. The topological polar surface area (TPSA) is 85.3 Å². The molecule has 1 aromatic heterocycles. The zero-order valence-electron chi connectivity index (χ0n) is 21.0. The van der Waals surface area contributed by atoms with Crippen LogP contribution in [0.25, 0.3) is 0 Å². The number of para-hydroxylation sites is 1. The van der Waals surface area contributed by atoms with Gasteiger partial charge in [0.05, 0.1) is 25.9 Å². The summed E-state index contributed by atoms with van der Waals surface area (Å²) in [4.78, 5) is 30.4. The van der Waals surface area contributed by atoms with Gasteiger partial charge in [0.1, 0.15) is 5.56 Å². The maximum Gasteiger partial charge on any atom is 0.245 e. The molecule has 1 aromatic carbocycles. The lowest BCUT2D eigenvalue weighted by Crippen LogP contribution is -2.59. The quantitative estimate of drug-likeness (QED) is 0.500. The van der Waals surface area contributed by atoms with Gasteiger partial charge >= 0.3 is 0 Å². The largest absolute Gasteiger partial charge is 0.391 e. The van der Waals surface area contributed by atoms with Crippen LogP contribution in [0, 0.1) is 17.8 Å². The van der Waals surface area contributed by atoms with Crippen LogP contribution >= 0.6 is 0 Å². The molecule has 0 radical (unpaired) electrons. The molecule has 1 atom stereocenters. The minimum absolute atomic E-state index is 0.0189. The Morgan fingerprint density at radius 2 is 1.89 bits per heavy atom. The third kappa shape index (κ3) is 4.20. The van der Waals surface area contributed by atoms with Crippen molar-refractivity contribution in [2.45, 2.75) is 18.9 Å². The van der Waals surface area contributed by atoms with Crippen molar-refractivity contribution in [3.63, 3.8) is 0 Å². The number of aliphatic hydroxyl groups excluding tert-OH is 1. The molecule has 3 saturated heterocycles. The van der Waals surface area contributed by atoms with Crippen LogP contribution in [0.1, 0.15) is 17.5 Å². The third-order valence-electron chi connectivity index (χ3n) is 7.96. The number of aliphatic hydroxyl groups is 1. The van der Waals surface area contributed by atoms with Crippen molar-refractivity contribution >= 4 is 29.2 Å². The van der Waals surface area contributed by atoms with Crippen molar-refractivity contribution in [1.82, 2.24) is 14.9 Å². The summed E-state index contributed by atoms with van der Waals surface area (Å²) in [5, 5.41) is 10.7. The van der Waals surface area contributed by atoms with E-state index in [1.165, 1.54) is 6.08 Å². The van der Waals surface area contributed by atoms with Gasteiger partial charge < -0.3 is 29.4 Å². The van der Waals surface area contributed by atoms with Gasteiger partial charge in [-0.15, -0.1) is 6.42 Å². The van der Waals surface area contributed by atoms with E-state index < -0.39 is 6.10 Å². The van der Waals surface area contributed by atoms with Crippen molar-refractivity contribution in [3.8, 4) is 12.3 Å². The fourth-order valence-electron chi connectivity index (χ4n) is 6.08. The van der Waals surface area contributed by atoms with Crippen LogP contribution < -0.4 is 14.7 Å². The fourth-order valence-corrected chi connectivity index (χ4v) is 6.08. The molecule has 9 heteroatoms. The zero-order valence-corrected chi connectivity index (χ0v) is 21.0. The average molecular weight is 501 g/mol. The van der Waals surface area contributed by atoms with E-state index >= 15 is 0 Å². The van der Waals surface area contributed by atoms with E-state index in [0.717, 1.165) is 49.7 Å². The number of terminal acetylenes is 1. The van der Waals surface area contributed by atoms with E-state index in [-0.39, 0.29) is 11.3 Å². The van der Waals surface area contributed by atoms with E-state index in [1.54, 1.807) is 0 Å². The second-order valence-corrected chi connectivity index (χ2v) is 10.5. The number of anilines is 4. The number of β-amino-alcohol motifs (C(OH)–C–C–N with tert-alkyl or cyclic N) is 1. The smallest absolute Gasteiger partial charge is 0.245 e. The van der Waals surface area contributed by atoms with Crippen molar-refractivity contribution in [1.29, 1.82) is 0 Å². The molecule has 5 heterocycles. The highest BCUT2D eigenvalue weighted by molar-refractivity contribution is 5.88. The molecule has 6 rings (SSSR count). The number of carbonyl (C=O) groups excluding carboxylic acids is 1. The Labute approximate surface area is 217 Å². The lowest BCUT2D eigenvalue weighted by atomic mass is 9.79. The Morgan fingerprint density at radius 3 is 2.65 bits per heavy atom. The van der Waals surface area contributed by atoms with Crippen molar-refractivity contribution in [2.24, 2.45) is 5.41 Å². The molecule has 1 spiro atoms. The van der Waals surface area contributed by atoms with Gasteiger partial charge in [0.15, 0.2) is 11.6 Å². The summed E-state index contributed by atoms with van der Waals surface area (Å²) in [5.41, 5.74) is 2.76. The van der Waals surface area contributed by atoms with Gasteiger partial charge in [0.25, 0.3) is 0 Å². The SMILES string of the molecule is C#Cc1c(N2CCC3(CN(C(=O)C=C)C3)C2)nc(N2CCOCC2)nc1N1CC(O)Cc2ccccc21. The number of rotatable bonds is 4. The molecule has 37 heavy (non-hydrogen) atoms. The first-order chi connectivity index (χ1) is 18.0. The maximum atomic E-state index is 12.1. The van der Waals surface area contributed by atoms with Gasteiger partial charge in [0, 0.05) is 56.8 Å². The molecule has 0 bridgehead atoms. The molecule has 4 aliphatic heterocycles. The van der Waals surface area contributed by atoms with Crippen LogP contribution in [0.15, 0.2) is 36.9 Å². The average Bonchev–Trinajstić information content (AvgIpc) is 3.37. The molecular weight excluding hydrogens is 468 g/mol. The van der Waals surface area contributed by atoms with E-state index in [4.69, 9.17) is 21.1 Å². The molecule has 9 nitrogen and oxygen atoms in total. The predicted molar refractivity (Wildman–Crippen MR) is 142 cm³/mol. The molecular formula is C28H32N6O3. The number of hydrogen-bond donors (Lipinski definition) is 1. The molecule has 4 aliphatic rings. The van der Waals surface area contributed by atoms with Gasteiger partial charge in [0.2, 0.25) is 11.9 Å². The fraction of sp³-hybridized carbons (Fsp3) is 0.464. The van der Waals surface area contributed by atoms with Crippen molar-refractivity contribution < 1.29 is 14.6 Å². The summed E-state index contributed by atoms with van der Waals surface area (Å²) < 4.78 is 5.57. The van der Waals surface area contributed by atoms with Gasteiger partial charge in [-0.2, -0.15) is 9.97 Å². The second-order valence-electron chi connectivity index (χ2n) is 10.5. The first-order valence-corrected chi connectivity index (χ1v) is 12.9. The number of ether oxygens (including phenoxy) is 1. The first kappa shape index (κ1) is 23.8. The number of carbonyl (C=O) groups is 1. The summed E-state index contributed by atoms with van der Waals surface area (Å²) in [5.74, 6) is 4.91. The van der Waals surface area contributed by atoms with Crippen molar-refractivity contribution in [2.75, 3.05) is 73.7 Å². The van der Waals surface area contributed by atoms with E-state index in [0.29, 0.717) is 56.6 Å². The molecule has 192 valence electrons. The first-order valence-electron chi connectivity index (χ1n) is 12.9. The molecule has 2 aromatic rings. The van der Waals surface area contributed by atoms with Crippen LogP contribution in [0.5, 0.6) is 0 Å². The summed E-state index contributed by atoms with van der Waals surface area (Å²) in [7, 11) is 0. The summed E-state index contributed by atoms with van der Waals surface area (Å²) in [6.07, 6.45) is 8.58. The number of hydrogen-bond acceptors (Lipinski definition) is 8. The third-order valence-corrected chi connectivity index (χ3v) is 7.96. The molecule has 3 fully saturated rings. The number of likely N-dealkylation sites (tertiary alicyclic amines) is 1. The standard InChI is InChI=1S/C28H32N6O3/c1-3-22-25(32-10-9-28(17-32)18-33(19-28)24(36)4-2)29-27(31-11-13-37-14-12-31)30-26(22)34-16-21(35)15-20-7-5-6-8-23(20)34/h1,4-8,21,35H,2,9-19H2. The molecule has 0 aliphatic carbocycles. The Hall–Kier alpha value is -3.61. The number of morpholine rings is 1. The van der Waals surface area contributed by atoms with E-state index in [2.05, 4.69) is 28.4 Å². The van der Waals surface area contributed by atoms with Gasteiger partial charge in [-0.05, 0) is 24.1 Å². The predicted octanol–water partition coefficient (Wildman–Crippen LogP) is 1.57. The highest BCUT2D eigenvalue weighted by Crippen LogP contribution is 2.44. The van der Waals surface area contributed by atoms with Crippen LogP contribution in [-0.2, 0) is 16.0 Å². The van der Waals surface area contributed by atoms with Crippen LogP contribution in [0.3, 0.4) is 0 Å². The summed E-state index contributed by atoms with van der Waals surface area (Å²) in [6, 6.07) is 8.09. The van der Waals surface area contributed by atoms with Crippen molar-refractivity contribution in [3.05, 3.63) is 48.0 Å². The maximum absolute atomic E-state index is 12.1. The lowest BCUT2D eigenvalue weighted by molar-refractivity contribution is -0.136. The number of fused-ring (bicyclic) bond motifs is 1. The minimum Gasteiger partial charge on any atom is -0.391 e. The zero-order chi connectivity index (χ0) is 25.6. The number of aromatic nitrogens is 2. The van der Waals surface area contributed by atoms with Gasteiger partial charge in [-0.1, -0.05) is 30.7 Å². The molecule has 1 unspecified atom stereocenters. The van der Waals surface area contributed by atoms with E-state index in [9.17, 15) is 9.90 Å². The highest BCUT2D eigenvalue weighted by atomic mass is 16.5. The minimum atomic E-state index is -0.524. The monoisotopic (exact) mass is 500 g/mol. The summed E-state index contributed by atoms with van der Waals surface area (Å²) >= 11 is 0. The number of nitrogens with zero attached hydrogens (tertiary/aromatic N) is 6. The Balaban J connectivity index is 1.40. The number of amides is 1. The molecule has 1 amide bonds. The van der Waals surface area contributed by atoms with Crippen LogP contribution in [-0.4, -0.2) is 91.0 Å². The second kappa shape index (κ2) is 9.36. The Kier molecular flexibility index (Phi) is 6.01. The lowest BCUT2D eigenvalue weighted by Gasteiger charge is -2.47. The summed E-state index contributed by atoms with van der Waals surface area (Å²) in [6.45, 7) is 9.71. The normalized spacial score (nSPS) is 22.4. The van der Waals surface area contributed by atoms with Crippen LogP contribution in [0.2, 0.25) is 0 Å². The van der Waals surface area contributed by atoms with Gasteiger partial charge in [-0.3, -0.25) is 4.79 Å². The van der Waals surface area contributed by atoms with E-state index in [1.807, 2.05) is 28.0 Å². The number of benzene rings is 1. The van der Waals surface area contributed by atoms with Crippen LogP contribution in [0.4, 0.5) is 23.3 Å².